The Bertz CT molecular complexity index is 538. The van der Waals surface area contributed by atoms with E-state index in [1.54, 1.807) is 0 Å². The predicted octanol–water partition coefficient (Wildman–Crippen LogP) is 3.65. The summed E-state index contributed by atoms with van der Waals surface area (Å²) >= 11 is 0. The molecule has 2 aromatic rings. The zero-order valence-corrected chi connectivity index (χ0v) is 12.2. The number of rotatable bonds is 5. The van der Waals surface area contributed by atoms with Crippen LogP contribution in [-0.4, -0.2) is 16.8 Å². The molecule has 0 aliphatic heterocycles. The molecule has 3 heteroatoms. The standard InChI is InChI=1S/C16H22N2O/c1-11-7-5-9-16(12(11)2)19-10-6-8-15-13(3)17-18-14(15)4/h5,7,9H,6,8,10H2,1-4H3,(H,17,18). The van der Waals surface area contributed by atoms with E-state index in [9.17, 15) is 0 Å². The van der Waals surface area contributed by atoms with Gasteiger partial charge in [0.05, 0.1) is 12.3 Å². The van der Waals surface area contributed by atoms with Crippen molar-refractivity contribution in [2.75, 3.05) is 6.61 Å². The zero-order valence-electron chi connectivity index (χ0n) is 12.2. The van der Waals surface area contributed by atoms with Gasteiger partial charge in [0, 0.05) is 5.69 Å². The highest BCUT2D eigenvalue weighted by atomic mass is 16.5. The molecule has 0 atom stereocenters. The lowest BCUT2D eigenvalue weighted by molar-refractivity contribution is 0.308. The van der Waals surface area contributed by atoms with E-state index in [-0.39, 0.29) is 0 Å². The second-order valence-corrected chi connectivity index (χ2v) is 5.06. The fraction of sp³-hybridized carbons (Fsp3) is 0.438. The summed E-state index contributed by atoms with van der Waals surface area (Å²) in [6, 6.07) is 6.19. The molecule has 0 amide bonds. The van der Waals surface area contributed by atoms with E-state index in [4.69, 9.17) is 4.74 Å². The molecule has 0 bridgehead atoms. The molecule has 0 aliphatic rings. The van der Waals surface area contributed by atoms with Crippen LogP contribution in [0.15, 0.2) is 18.2 Å². The van der Waals surface area contributed by atoms with Crippen LogP contribution in [0, 0.1) is 27.7 Å². The Hall–Kier alpha value is -1.77. The van der Waals surface area contributed by atoms with Crippen LogP contribution in [0.2, 0.25) is 0 Å². The quantitative estimate of drug-likeness (QED) is 0.831. The van der Waals surface area contributed by atoms with E-state index in [1.165, 1.54) is 22.4 Å². The summed E-state index contributed by atoms with van der Waals surface area (Å²) < 4.78 is 5.87. The van der Waals surface area contributed by atoms with Gasteiger partial charge in [0.25, 0.3) is 0 Å². The molecule has 0 unspecified atom stereocenters. The molecule has 1 aromatic heterocycles. The van der Waals surface area contributed by atoms with Crippen molar-refractivity contribution in [2.24, 2.45) is 0 Å². The lowest BCUT2D eigenvalue weighted by Gasteiger charge is -2.10. The number of benzene rings is 1. The summed E-state index contributed by atoms with van der Waals surface area (Å²) in [6.07, 6.45) is 2.02. The van der Waals surface area contributed by atoms with E-state index < -0.39 is 0 Å². The minimum Gasteiger partial charge on any atom is -0.493 e. The molecule has 0 spiro atoms. The largest absolute Gasteiger partial charge is 0.493 e. The second kappa shape index (κ2) is 5.91. The monoisotopic (exact) mass is 258 g/mol. The number of nitrogens with one attached hydrogen (secondary N) is 1. The molecule has 0 radical (unpaired) electrons. The molecule has 0 saturated heterocycles. The third-order valence-corrected chi connectivity index (χ3v) is 3.66. The van der Waals surface area contributed by atoms with Crippen LogP contribution in [0.25, 0.3) is 0 Å². The highest BCUT2D eigenvalue weighted by Crippen LogP contribution is 2.21. The molecular formula is C16H22N2O. The lowest BCUT2D eigenvalue weighted by Crippen LogP contribution is -2.02. The lowest BCUT2D eigenvalue weighted by atomic mass is 10.1. The number of aromatic nitrogens is 2. The van der Waals surface area contributed by atoms with E-state index in [2.05, 4.69) is 37.0 Å². The van der Waals surface area contributed by atoms with Crippen molar-refractivity contribution in [1.29, 1.82) is 0 Å². The number of H-pyrrole nitrogens is 1. The van der Waals surface area contributed by atoms with Gasteiger partial charge in [-0.2, -0.15) is 5.10 Å². The van der Waals surface area contributed by atoms with E-state index in [1.807, 2.05) is 19.1 Å². The first-order valence-electron chi connectivity index (χ1n) is 6.79. The molecular weight excluding hydrogens is 236 g/mol. The fourth-order valence-electron chi connectivity index (χ4n) is 2.25. The van der Waals surface area contributed by atoms with Gasteiger partial charge >= 0.3 is 0 Å². The van der Waals surface area contributed by atoms with Crippen molar-refractivity contribution < 1.29 is 4.74 Å². The molecule has 0 saturated carbocycles. The van der Waals surface area contributed by atoms with Crippen molar-refractivity contribution in [3.05, 3.63) is 46.3 Å². The Balaban J connectivity index is 1.86. The highest BCUT2D eigenvalue weighted by molar-refractivity contribution is 5.38. The first-order chi connectivity index (χ1) is 9.09. The molecule has 1 N–H and O–H groups in total. The number of hydrogen-bond acceptors (Lipinski definition) is 2. The average Bonchev–Trinajstić information content (AvgIpc) is 2.70. The first kappa shape index (κ1) is 13.7. The van der Waals surface area contributed by atoms with Crippen molar-refractivity contribution in [1.82, 2.24) is 10.2 Å². The van der Waals surface area contributed by atoms with E-state index >= 15 is 0 Å². The number of aryl methyl sites for hydroxylation is 3. The van der Waals surface area contributed by atoms with Crippen molar-refractivity contribution in [2.45, 2.75) is 40.5 Å². The number of ether oxygens (including phenoxy) is 1. The summed E-state index contributed by atoms with van der Waals surface area (Å²) in [5, 5.41) is 7.23. The number of aromatic amines is 1. The third kappa shape index (κ3) is 3.16. The van der Waals surface area contributed by atoms with Crippen molar-refractivity contribution in [3.63, 3.8) is 0 Å². The Labute approximate surface area is 115 Å². The summed E-state index contributed by atoms with van der Waals surface area (Å²) in [6.45, 7) is 9.08. The molecule has 3 nitrogen and oxygen atoms in total. The summed E-state index contributed by atoms with van der Waals surface area (Å²) in [5.74, 6) is 1.00. The maximum atomic E-state index is 5.87. The molecule has 1 heterocycles. The van der Waals surface area contributed by atoms with Crippen molar-refractivity contribution >= 4 is 0 Å². The minimum absolute atomic E-state index is 0.744. The van der Waals surface area contributed by atoms with Crippen LogP contribution in [0.3, 0.4) is 0 Å². The molecule has 2 rings (SSSR count). The summed E-state index contributed by atoms with van der Waals surface area (Å²) in [5.41, 5.74) is 6.11. The van der Waals surface area contributed by atoms with Gasteiger partial charge in [0.2, 0.25) is 0 Å². The molecule has 0 fully saturated rings. The Morgan fingerprint density at radius 1 is 1.16 bits per heavy atom. The van der Waals surface area contributed by atoms with Crippen LogP contribution < -0.4 is 4.74 Å². The SMILES string of the molecule is Cc1cccc(OCCCc2c(C)n[nH]c2C)c1C. The smallest absolute Gasteiger partial charge is 0.122 e. The fourth-order valence-corrected chi connectivity index (χ4v) is 2.25. The first-order valence-corrected chi connectivity index (χ1v) is 6.79. The van der Waals surface area contributed by atoms with Crippen molar-refractivity contribution in [3.8, 4) is 5.75 Å². The van der Waals surface area contributed by atoms with Crippen LogP contribution in [0.1, 0.15) is 34.5 Å². The third-order valence-electron chi connectivity index (χ3n) is 3.66. The van der Waals surface area contributed by atoms with Gasteiger partial charge in [-0.25, -0.2) is 0 Å². The van der Waals surface area contributed by atoms with Crippen LogP contribution in [0.4, 0.5) is 0 Å². The molecule has 19 heavy (non-hydrogen) atoms. The maximum absolute atomic E-state index is 5.87. The Morgan fingerprint density at radius 2 is 1.95 bits per heavy atom. The maximum Gasteiger partial charge on any atom is 0.122 e. The van der Waals surface area contributed by atoms with Gasteiger partial charge in [-0.1, -0.05) is 12.1 Å². The van der Waals surface area contributed by atoms with Gasteiger partial charge in [-0.3, -0.25) is 5.10 Å². The second-order valence-electron chi connectivity index (χ2n) is 5.06. The van der Waals surface area contributed by atoms with Gasteiger partial charge in [0.15, 0.2) is 0 Å². The van der Waals surface area contributed by atoms with E-state index in [0.29, 0.717) is 0 Å². The van der Waals surface area contributed by atoms with Gasteiger partial charge in [0.1, 0.15) is 5.75 Å². The zero-order chi connectivity index (χ0) is 13.8. The van der Waals surface area contributed by atoms with Gasteiger partial charge in [-0.05, 0) is 63.3 Å². The normalized spacial score (nSPS) is 10.7. The number of nitrogens with zero attached hydrogens (tertiary/aromatic N) is 1. The Kier molecular flexibility index (Phi) is 4.25. The van der Waals surface area contributed by atoms with Crippen LogP contribution >= 0.6 is 0 Å². The average molecular weight is 258 g/mol. The summed E-state index contributed by atoms with van der Waals surface area (Å²) in [7, 11) is 0. The van der Waals surface area contributed by atoms with Crippen LogP contribution in [0.5, 0.6) is 5.75 Å². The molecule has 1 aromatic carbocycles. The topological polar surface area (TPSA) is 37.9 Å². The minimum atomic E-state index is 0.744. The van der Waals surface area contributed by atoms with Gasteiger partial charge < -0.3 is 4.74 Å². The predicted molar refractivity (Wildman–Crippen MR) is 77.8 cm³/mol. The molecule has 102 valence electrons. The molecule has 0 aliphatic carbocycles. The Morgan fingerprint density at radius 3 is 2.63 bits per heavy atom. The van der Waals surface area contributed by atoms with Crippen LogP contribution in [-0.2, 0) is 6.42 Å². The van der Waals surface area contributed by atoms with E-state index in [0.717, 1.165) is 30.9 Å². The highest BCUT2D eigenvalue weighted by Gasteiger charge is 2.06. The summed E-state index contributed by atoms with van der Waals surface area (Å²) in [4.78, 5) is 0. The number of hydrogen-bond donors (Lipinski definition) is 1. The van der Waals surface area contributed by atoms with Gasteiger partial charge in [-0.15, -0.1) is 0 Å².